The monoisotopic (exact) mass is 384 g/mol. The molecule has 0 bridgehead atoms. The van der Waals surface area contributed by atoms with Gasteiger partial charge in [0.05, 0.1) is 22.1 Å². The second-order valence-electron chi connectivity index (χ2n) is 5.75. The first-order valence-electron chi connectivity index (χ1n) is 7.98. The molecule has 1 aromatic carbocycles. The van der Waals surface area contributed by atoms with Crippen molar-refractivity contribution in [3.05, 3.63) is 64.2 Å². The van der Waals surface area contributed by atoms with E-state index >= 15 is 0 Å². The van der Waals surface area contributed by atoms with Crippen LogP contribution >= 0.6 is 11.3 Å². The molecule has 6 nitrogen and oxygen atoms in total. The van der Waals surface area contributed by atoms with E-state index in [4.69, 9.17) is 4.74 Å². The smallest absolute Gasteiger partial charge is 0.219 e. The molecule has 0 fully saturated rings. The zero-order valence-electron chi connectivity index (χ0n) is 14.0. The predicted molar refractivity (Wildman–Crippen MR) is 102 cm³/mol. The van der Waals surface area contributed by atoms with Crippen LogP contribution in [-0.2, 0) is 23.2 Å². The van der Waals surface area contributed by atoms with Gasteiger partial charge in [0.2, 0.25) is 5.88 Å². The first-order valence-corrected chi connectivity index (χ1v) is 10.2. The number of ether oxygens (including phenoxy) is 1. The number of benzene rings is 1. The lowest BCUT2D eigenvalue weighted by Gasteiger charge is -2.09. The van der Waals surface area contributed by atoms with Crippen LogP contribution in [0, 0.1) is 6.92 Å². The number of hydrogen-bond acceptors (Lipinski definition) is 6. The van der Waals surface area contributed by atoms with Crippen LogP contribution in [0.4, 0.5) is 0 Å². The van der Waals surface area contributed by atoms with Crippen molar-refractivity contribution in [1.82, 2.24) is 19.9 Å². The van der Waals surface area contributed by atoms with Crippen LogP contribution in [0.15, 0.2) is 52.4 Å². The minimum absolute atomic E-state index is 0.182. The van der Waals surface area contributed by atoms with Crippen LogP contribution in [0.2, 0.25) is 0 Å². The Morgan fingerprint density at radius 2 is 2.04 bits per heavy atom. The van der Waals surface area contributed by atoms with Crippen LogP contribution in [0.3, 0.4) is 0 Å². The Bertz CT molecular complexity index is 1030. The maximum absolute atomic E-state index is 12.6. The normalized spacial score (nSPS) is 12.3. The van der Waals surface area contributed by atoms with Crippen LogP contribution in [0.25, 0.3) is 11.0 Å². The quantitative estimate of drug-likeness (QED) is 0.549. The molecule has 0 saturated heterocycles. The summed E-state index contributed by atoms with van der Waals surface area (Å²) < 4.78 is 18.4. The van der Waals surface area contributed by atoms with E-state index in [-0.39, 0.29) is 5.75 Å². The SMILES string of the molecule is Cc1cnc(CS(=O)c2nc3cscc3[nH]2)nc1OCc1ccccc1. The number of aryl methyl sites for hydroxylation is 1. The van der Waals surface area contributed by atoms with Gasteiger partial charge in [-0.3, -0.25) is 4.21 Å². The number of nitrogens with zero attached hydrogens (tertiary/aromatic N) is 3. The lowest BCUT2D eigenvalue weighted by Crippen LogP contribution is -2.06. The Morgan fingerprint density at radius 3 is 2.85 bits per heavy atom. The van der Waals surface area contributed by atoms with E-state index in [2.05, 4.69) is 19.9 Å². The number of aromatic amines is 1. The average Bonchev–Trinajstić information content (AvgIpc) is 3.25. The van der Waals surface area contributed by atoms with Gasteiger partial charge < -0.3 is 9.72 Å². The van der Waals surface area contributed by atoms with E-state index in [0.29, 0.717) is 23.5 Å². The molecule has 132 valence electrons. The lowest BCUT2D eigenvalue weighted by molar-refractivity contribution is 0.290. The van der Waals surface area contributed by atoms with Crippen molar-refractivity contribution in [3.63, 3.8) is 0 Å². The van der Waals surface area contributed by atoms with Crippen molar-refractivity contribution < 1.29 is 8.95 Å². The second kappa shape index (κ2) is 7.35. The molecule has 1 N–H and O–H groups in total. The van der Waals surface area contributed by atoms with Gasteiger partial charge in [0, 0.05) is 22.5 Å². The van der Waals surface area contributed by atoms with Crippen LogP contribution < -0.4 is 4.74 Å². The standard InChI is InChI=1S/C18H16N4O2S2/c1-12-7-19-16(22-17(12)24-8-13-5-3-2-4-6-13)11-26(23)18-20-14-9-25-10-15(14)21-18/h2-7,9-10H,8,11H2,1H3,(H,20,21). The van der Waals surface area contributed by atoms with Crippen LogP contribution in [0.1, 0.15) is 17.0 Å². The van der Waals surface area contributed by atoms with Gasteiger partial charge in [0.1, 0.15) is 17.9 Å². The van der Waals surface area contributed by atoms with E-state index in [1.54, 1.807) is 17.5 Å². The predicted octanol–water partition coefficient (Wildman–Crippen LogP) is 3.61. The molecular formula is C18H16N4O2S2. The Balaban J connectivity index is 1.48. The van der Waals surface area contributed by atoms with E-state index in [1.807, 2.05) is 48.0 Å². The number of imidazole rings is 1. The number of nitrogens with one attached hydrogen (secondary N) is 1. The molecule has 0 saturated carbocycles. The lowest BCUT2D eigenvalue weighted by atomic mass is 10.2. The summed E-state index contributed by atoms with van der Waals surface area (Å²) in [5.41, 5.74) is 3.63. The summed E-state index contributed by atoms with van der Waals surface area (Å²) in [6.07, 6.45) is 1.69. The molecule has 0 amide bonds. The van der Waals surface area contributed by atoms with Gasteiger partial charge in [-0.15, -0.1) is 11.3 Å². The molecule has 3 aromatic heterocycles. The highest BCUT2D eigenvalue weighted by Crippen LogP contribution is 2.20. The van der Waals surface area contributed by atoms with Gasteiger partial charge in [-0.2, -0.15) is 4.98 Å². The number of hydrogen-bond donors (Lipinski definition) is 1. The van der Waals surface area contributed by atoms with Gasteiger partial charge in [0.15, 0.2) is 5.16 Å². The number of thiophene rings is 1. The molecular weight excluding hydrogens is 368 g/mol. The molecule has 0 aliphatic rings. The fourth-order valence-corrected chi connectivity index (χ4v) is 4.05. The molecule has 4 aromatic rings. The van der Waals surface area contributed by atoms with E-state index in [1.165, 1.54) is 0 Å². The highest BCUT2D eigenvalue weighted by molar-refractivity contribution is 7.84. The minimum Gasteiger partial charge on any atom is -0.473 e. The van der Waals surface area contributed by atoms with Gasteiger partial charge in [-0.05, 0) is 12.5 Å². The van der Waals surface area contributed by atoms with Crippen molar-refractivity contribution >= 4 is 33.2 Å². The number of rotatable bonds is 6. The summed E-state index contributed by atoms with van der Waals surface area (Å²) >= 11 is 1.56. The molecule has 1 atom stereocenters. The first kappa shape index (κ1) is 16.9. The molecule has 0 radical (unpaired) electrons. The van der Waals surface area contributed by atoms with E-state index < -0.39 is 10.8 Å². The van der Waals surface area contributed by atoms with Crippen molar-refractivity contribution in [2.75, 3.05) is 0 Å². The Kier molecular flexibility index (Phi) is 4.77. The summed E-state index contributed by atoms with van der Waals surface area (Å²) in [5.74, 6) is 1.16. The third-order valence-electron chi connectivity index (χ3n) is 3.77. The zero-order valence-corrected chi connectivity index (χ0v) is 15.6. The Hall–Kier alpha value is -2.58. The van der Waals surface area contributed by atoms with E-state index in [9.17, 15) is 4.21 Å². The topological polar surface area (TPSA) is 80.8 Å². The first-order chi connectivity index (χ1) is 12.7. The maximum Gasteiger partial charge on any atom is 0.219 e. The van der Waals surface area contributed by atoms with Crippen molar-refractivity contribution in [2.24, 2.45) is 0 Å². The third-order valence-corrected chi connectivity index (χ3v) is 5.65. The molecule has 8 heteroatoms. The molecule has 0 spiro atoms. The van der Waals surface area contributed by atoms with Crippen molar-refractivity contribution in [2.45, 2.75) is 24.4 Å². The van der Waals surface area contributed by atoms with Gasteiger partial charge in [0.25, 0.3) is 0 Å². The van der Waals surface area contributed by atoms with Gasteiger partial charge in [-0.25, -0.2) is 9.97 Å². The van der Waals surface area contributed by atoms with Gasteiger partial charge in [-0.1, -0.05) is 30.3 Å². The number of fused-ring (bicyclic) bond motifs is 1. The number of H-pyrrole nitrogens is 1. The van der Waals surface area contributed by atoms with Crippen molar-refractivity contribution in [1.29, 1.82) is 0 Å². The Labute approximate surface area is 156 Å². The summed E-state index contributed by atoms with van der Waals surface area (Å²) in [4.78, 5) is 16.1. The fourth-order valence-electron chi connectivity index (χ4n) is 2.42. The molecule has 3 heterocycles. The fraction of sp³-hybridized carbons (Fsp3) is 0.167. The maximum atomic E-state index is 12.6. The summed E-state index contributed by atoms with van der Waals surface area (Å²) in [6, 6.07) is 9.89. The summed E-state index contributed by atoms with van der Waals surface area (Å²) in [6.45, 7) is 2.32. The summed E-state index contributed by atoms with van der Waals surface area (Å²) in [5, 5.41) is 4.31. The summed E-state index contributed by atoms with van der Waals surface area (Å²) in [7, 11) is -1.34. The van der Waals surface area contributed by atoms with Crippen LogP contribution in [0.5, 0.6) is 5.88 Å². The molecule has 0 aliphatic heterocycles. The largest absolute Gasteiger partial charge is 0.473 e. The minimum atomic E-state index is -1.34. The molecule has 0 aliphatic carbocycles. The van der Waals surface area contributed by atoms with Crippen molar-refractivity contribution in [3.8, 4) is 5.88 Å². The molecule has 1 unspecified atom stereocenters. The highest BCUT2D eigenvalue weighted by atomic mass is 32.2. The second-order valence-corrected chi connectivity index (χ2v) is 7.86. The van der Waals surface area contributed by atoms with E-state index in [0.717, 1.165) is 22.2 Å². The third kappa shape index (κ3) is 3.66. The highest BCUT2D eigenvalue weighted by Gasteiger charge is 2.14. The number of aromatic nitrogens is 4. The van der Waals surface area contributed by atoms with Crippen LogP contribution in [-0.4, -0.2) is 24.1 Å². The molecule has 4 rings (SSSR count). The average molecular weight is 384 g/mol. The van der Waals surface area contributed by atoms with Gasteiger partial charge >= 0.3 is 0 Å². The zero-order chi connectivity index (χ0) is 17.9. The Morgan fingerprint density at radius 1 is 1.19 bits per heavy atom. The molecule has 26 heavy (non-hydrogen) atoms.